The zero-order chi connectivity index (χ0) is 28.2. The fourth-order valence-corrected chi connectivity index (χ4v) is 5.14. The van der Waals surface area contributed by atoms with Crippen LogP contribution in [0.4, 0.5) is 11.4 Å². The van der Waals surface area contributed by atoms with E-state index in [4.69, 9.17) is 25.8 Å². The predicted octanol–water partition coefficient (Wildman–Crippen LogP) is 4.34. The van der Waals surface area contributed by atoms with E-state index in [1.807, 2.05) is 6.92 Å². The summed E-state index contributed by atoms with van der Waals surface area (Å²) in [5.41, 5.74) is 1.26. The second-order valence-electron chi connectivity index (χ2n) is 8.96. The molecule has 2 heterocycles. The van der Waals surface area contributed by atoms with Gasteiger partial charge in [0.05, 0.1) is 43.4 Å². The Labute approximate surface area is 227 Å². The van der Waals surface area contributed by atoms with Crippen molar-refractivity contribution in [1.82, 2.24) is 4.90 Å². The summed E-state index contributed by atoms with van der Waals surface area (Å²) in [6, 6.07) is 9.68. The molecule has 5 rings (SSSR count). The fourth-order valence-electron chi connectivity index (χ4n) is 4.96. The number of hydrogen-bond donors (Lipinski definition) is 0. The molecular formula is C27H22ClN3O8. The first-order valence-corrected chi connectivity index (χ1v) is 12.1. The Morgan fingerprint density at radius 1 is 0.821 bits per heavy atom. The molecular weight excluding hydrogens is 530 g/mol. The molecule has 0 N–H and O–H groups in total. The number of non-ortho nitro benzene ring substituents is 1. The molecule has 1 fully saturated rings. The molecule has 39 heavy (non-hydrogen) atoms. The Balaban J connectivity index is 1.65. The summed E-state index contributed by atoms with van der Waals surface area (Å²) in [6.07, 6.45) is 0. The molecule has 2 aliphatic heterocycles. The first-order valence-electron chi connectivity index (χ1n) is 11.7. The lowest BCUT2D eigenvalue weighted by atomic mass is 9.85. The maximum Gasteiger partial charge on any atom is 0.270 e. The van der Waals surface area contributed by atoms with Crippen LogP contribution in [0.15, 0.2) is 48.5 Å². The maximum atomic E-state index is 13.7. The summed E-state index contributed by atoms with van der Waals surface area (Å²) in [5.74, 6) is -1.10. The molecule has 0 radical (unpaired) electrons. The van der Waals surface area contributed by atoms with Gasteiger partial charge in [0.1, 0.15) is 6.04 Å². The van der Waals surface area contributed by atoms with Crippen molar-refractivity contribution in [2.24, 2.45) is 0 Å². The lowest BCUT2D eigenvalue weighted by Gasteiger charge is -2.50. The number of methoxy groups -OCH3 is 3. The number of nitro groups is 1. The van der Waals surface area contributed by atoms with Crippen molar-refractivity contribution in [3.05, 3.63) is 85.9 Å². The molecule has 2 atom stereocenters. The van der Waals surface area contributed by atoms with E-state index in [0.717, 1.165) is 22.6 Å². The van der Waals surface area contributed by atoms with E-state index in [-0.39, 0.29) is 16.8 Å². The third kappa shape index (κ3) is 3.93. The summed E-state index contributed by atoms with van der Waals surface area (Å²) >= 11 is 6.36. The van der Waals surface area contributed by atoms with Gasteiger partial charge in [-0.15, -0.1) is 0 Å². The molecule has 200 valence electrons. The number of rotatable bonds is 7. The first-order chi connectivity index (χ1) is 18.6. The van der Waals surface area contributed by atoms with Gasteiger partial charge in [0.15, 0.2) is 11.5 Å². The van der Waals surface area contributed by atoms with E-state index in [2.05, 4.69) is 0 Å². The molecule has 0 bridgehead atoms. The first kappa shape index (κ1) is 26.0. The number of nitrogens with zero attached hydrogens (tertiary/aromatic N) is 3. The molecule has 0 aromatic heterocycles. The highest BCUT2D eigenvalue weighted by molar-refractivity contribution is 6.32. The number of fused-ring (bicyclic) bond motifs is 1. The number of carbonyl (C=O) groups excluding carboxylic acids is 3. The van der Waals surface area contributed by atoms with Crippen LogP contribution in [-0.2, 0) is 4.79 Å². The number of nitro benzene ring substituents is 1. The summed E-state index contributed by atoms with van der Waals surface area (Å²) < 4.78 is 16.4. The molecule has 0 spiro atoms. The normalized spacial score (nSPS) is 18.1. The molecule has 11 nitrogen and oxygen atoms in total. The number of halogens is 1. The molecule has 3 aromatic rings. The highest BCUT2D eigenvalue weighted by atomic mass is 35.5. The Hall–Kier alpha value is -4.64. The topological polar surface area (TPSA) is 129 Å². The van der Waals surface area contributed by atoms with E-state index >= 15 is 0 Å². The zero-order valence-electron chi connectivity index (χ0n) is 21.3. The van der Waals surface area contributed by atoms with E-state index in [9.17, 15) is 24.5 Å². The quantitative estimate of drug-likeness (QED) is 0.184. The van der Waals surface area contributed by atoms with Crippen LogP contribution >= 0.6 is 11.6 Å². The summed E-state index contributed by atoms with van der Waals surface area (Å²) in [4.78, 5) is 53.5. The van der Waals surface area contributed by atoms with Gasteiger partial charge in [-0.1, -0.05) is 17.7 Å². The van der Waals surface area contributed by atoms with Crippen LogP contribution in [0.3, 0.4) is 0 Å². The second kappa shape index (κ2) is 9.59. The van der Waals surface area contributed by atoms with Crippen molar-refractivity contribution in [3.63, 3.8) is 0 Å². The van der Waals surface area contributed by atoms with E-state index in [1.165, 1.54) is 32.3 Å². The minimum atomic E-state index is -1.25. The average molecular weight is 552 g/mol. The maximum absolute atomic E-state index is 13.7. The number of ether oxygens (including phenoxy) is 3. The minimum Gasteiger partial charge on any atom is -0.493 e. The highest BCUT2D eigenvalue weighted by Crippen LogP contribution is 2.48. The third-order valence-corrected chi connectivity index (χ3v) is 7.33. The van der Waals surface area contributed by atoms with Gasteiger partial charge >= 0.3 is 0 Å². The van der Waals surface area contributed by atoms with Crippen LogP contribution in [-0.4, -0.2) is 54.9 Å². The molecule has 0 aliphatic carbocycles. The zero-order valence-corrected chi connectivity index (χ0v) is 22.0. The van der Waals surface area contributed by atoms with Crippen LogP contribution in [0.2, 0.25) is 5.02 Å². The third-order valence-electron chi connectivity index (χ3n) is 6.92. The van der Waals surface area contributed by atoms with Gasteiger partial charge in [0.2, 0.25) is 5.75 Å². The van der Waals surface area contributed by atoms with Gasteiger partial charge in [0, 0.05) is 22.8 Å². The van der Waals surface area contributed by atoms with Crippen LogP contribution in [0.5, 0.6) is 17.2 Å². The average Bonchev–Trinajstić information content (AvgIpc) is 3.17. The van der Waals surface area contributed by atoms with Crippen LogP contribution in [0.1, 0.15) is 37.9 Å². The second-order valence-corrected chi connectivity index (χ2v) is 9.36. The van der Waals surface area contributed by atoms with Crippen LogP contribution in [0, 0.1) is 17.0 Å². The van der Waals surface area contributed by atoms with Gasteiger partial charge in [-0.2, -0.15) is 0 Å². The predicted molar refractivity (Wildman–Crippen MR) is 140 cm³/mol. The largest absolute Gasteiger partial charge is 0.493 e. The minimum absolute atomic E-state index is 0.0149. The Morgan fingerprint density at radius 3 is 2.03 bits per heavy atom. The number of carbonyl (C=O) groups is 3. The highest BCUT2D eigenvalue weighted by Gasteiger charge is 2.57. The van der Waals surface area contributed by atoms with Crippen LogP contribution in [0.25, 0.3) is 0 Å². The number of aryl methyl sites for hydroxylation is 1. The number of hydrogen-bond acceptors (Lipinski definition) is 8. The Bertz CT molecular complexity index is 1550. The number of imide groups is 1. The van der Waals surface area contributed by atoms with Gasteiger partial charge in [0.25, 0.3) is 23.4 Å². The Morgan fingerprint density at radius 2 is 1.46 bits per heavy atom. The smallest absolute Gasteiger partial charge is 0.270 e. The van der Waals surface area contributed by atoms with E-state index in [1.54, 1.807) is 30.3 Å². The number of benzene rings is 3. The molecule has 1 saturated heterocycles. The van der Waals surface area contributed by atoms with E-state index in [0.29, 0.717) is 33.5 Å². The van der Waals surface area contributed by atoms with Crippen molar-refractivity contribution >= 4 is 40.7 Å². The van der Waals surface area contributed by atoms with Crippen molar-refractivity contribution in [3.8, 4) is 17.2 Å². The lowest BCUT2D eigenvalue weighted by molar-refractivity contribution is -0.384. The molecule has 2 aliphatic rings. The van der Waals surface area contributed by atoms with Crippen LogP contribution < -0.4 is 19.1 Å². The van der Waals surface area contributed by atoms with Gasteiger partial charge in [-0.25, -0.2) is 0 Å². The summed E-state index contributed by atoms with van der Waals surface area (Å²) in [6.45, 7) is 1.82. The van der Waals surface area contributed by atoms with Crippen molar-refractivity contribution in [2.45, 2.75) is 19.0 Å². The van der Waals surface area contributed by atoms with Gasteiger partial charge < -0.3 is 19.1 Å². The molecule has 3 amide bonds. The molecule has 0 saturated carbocycles. The SMILES string of the molecule is COc1cc([C@@H]2[C@@H](N3C(=O)c4ccc([N+](=O)[O-])cc4C3=O)C(=O)N2c2ccc(C)c(Cl)c2)cc(OC)c1OC. The molecule has 12 heteroatoms. The number of amides is 3. The monoisotopic (exact) mass is 551 g/mol. The molecule has 0 unspecified atom stereocenters. The van der Waals surface area contributed by atoms with Gasteiger partial charge in [-0.3, -0.25) is 29.4 Å². The summed E-state index contributed by atoms with van der Waals surface area (Å²) in [7, 11) is 4.34. The summed E-state index contributed by atoms with van der Waals surface area (Å²) in [5, 5.41) is 11.7. The lowest BCUT2D eigenvalue weighted by Crippen LogP contribution is -2.67. The number of anilines is 1. The van der Waals surface area contributed by atoms with E-state index < -0.39 is 34.7 Å². The van der Waals surface area contributed by atoms with Crippen molar-refractivity contribution in [1.29, 1.82) is 0 Å². The van der Waals surface area contributed by atoms with Gasteiger partial charge in [-0.05, 0) is 48.4 Å². The van der Waals surface area contributed by atoms with Crippen molar-refractivity contribution in [2.75, 3.05) is 26.2 Å². The Kier molecular flexibility index (Phi) is 6.39. The van der Waals surface area contributed by atoms with Crippen molar-refractivity contribution < 1.29 is 33.5 Å². The number of β-lactam (4-membered cyclic amide) rings is 1. The standard InChI is InChI=1S/C27H22ClN3O8/c1-13-5-6-15(12-19(13)28)29-22(14-9-20(37-2)24(39-4)21(10-14)38-3)23(27(29)34)30-25(32)17-8-7-16(31(35)36)11-18(17)26(30)33/h5-12,22-23H,1-4H3/t22-,23-/m1/s1. The molecule has 3 aromatic carbocycles. The fraction of sp³-hybridized carbons (Fsp3) is 0.222.